The van der Waals surface area contributed by atoms with Crippen LogP contribution in [-0.2, 0) is 63.0 Å². The summed E-state index contributed by atoms with van der Waals surface area (Å²) < 4.78 is 101. The molecule has 2 N–H and O–H groups in total. The predicted molar refractivity (Wildman–Crippen MR) is 369 cm³/mol. The molecule has 2 aliphatic heterocycles. The average molecular weight is 1340 g/mol. The number of ether oxygens (including phenoxy) is 4. The highest BCUT2D eigenvalue weighted by atomic mass is 32.2. The number of fused-ring (bicyclic) bond motifs is 4. The third-order valence-corrected chi connectivity index (χ3v) is 38.0. The molecule has 2 unspecified atom stereocenters. The van der Waals surface area contributed by atoms with Gasteiger partial charge < -0.3 is 41.9 Å². The summed E-state index contributed by atoms with van der Waals surface area (Å²) in [7, 11) is -12.3. The van der Waals surface area contributed by atoms with Crippen LogP contribution >= 0.6 is 0 Å². The van der Waals surface area contributed by atoms with E-state index in [1.807, 2.05) is 6.07 Å². The zero-order valence-electron chi connectivity index (χ0n) is 58.4. The maximum Gasteiger partial charge on any atom is 0.522 e. The summed E-state index contributed by atoms with van der Waals surface area (Å²) in [6.07, 6.45) is 27.7. The maximum atomic E-state index is 12.1. The molecular weight excluding hydrogens is 1210 g/mol. The standard InChI is InChI=1S/C38H68O4Si2.C26H40O4.C7H15F3O3SSi.CH4/c1-12-13-14-19-30(40-36-21-15-16-24-39-36)22-23-31-32-25-28-18-17-20-34(41-43(8,9)37(2,3)4)33(28)26-29(32)27-35(31)42-44(10,11)38(5,6)7;1-2-3-4-9-20(30-26-11-5-6-14-29-26)12-13-21-22-15-18-8-7-10-24(27)23(18)16-19(22)17-25(21)28;1-6(2,3)15(4,5)13-14(11,12)7(8,9)10;/h17-18,20,29-32,35-36H,12-16,19,21-27H2,1-11H3;7-8,10,19-22,25-28H,2-6,9,11-17H2,1H3;1-5H3;1H4/t29-,30-,31+,32-,35+,36?;19-,20-,21+,22-,25+,26?;;/m00../s1. The molecule has 90 heavy (non-hydrogen) atoms. The van der Waals surface area contributed by atoms with E-state index in [9.17, 15) is 31.8 Å². The lowest BCUT2D eigenvalue weighted by Crippen LogP contribution is -2.45. The van der Waals surface area contributed by atoms with E-state index in [1.54, 1.807) is 26.8 Å². The highest BCUT2D eigenvalue weighted by Crippen LogP contribution is 2.53. The molecule has 0 bridgehead atoms. The Bertz CT molecular complexity index is 2590. The molecule has 4 fully saturated rings. The maximum absolute atomic E-state index is 12.1. The minimum absolute atomic E-state index is 0. The number of hydrogen-bond donors (Lipinski definition) is 2. The van der Waals surface area contributed by atoms with Gasteiger partial charge in [0.05, 0.1) is 18.3 Å². The molecular formula is C72H127F3O11SSi3. The largest absolute Gasteiger partial charge is 0.543 e. The van der Waals surface area contributed by atoms with E-state index in [4.69, 9.17) is 27.8 Å². The van der Waals surface area contributed by atoms with Crippen molar-refractivity contribution in [3.8, 4) is 11.5 Å². The molecule has 4 aliphatic carbocycles. The van der Waals surface area contributed by atoms with E-state index < -0.39 is 45.6 Å². The van der Waals surface area contributed by atoms with Crippen LogP contribution in [0.4, 0.5) is 13.2 Å². The van der Waals surface area contributed by atoms with E-state index in [2.05, 4.69) is 110 Å². The number of rotatable bonds is 24. The number of aromatic hydroxyl groups is 1. The molecule has 0 aromatic heterocycles. The van der Waals surface area contributed by atoms with E-state index >= 15 is 0 Å². The fourth-order valence-electron chi connectivity index (χ4n) is 13.9. The second-order valence-electron chi connectivity index (χ2n) is 32.1. The smallest absolute Gasteiger partial charge is 0.522 e. The molecule has 2 saturated heterocycles. The summed E-state index contributed by atoms with van der Waals surface area (Å²) in [5.74, 6) is 4.86. The van der Waals surface area contributed by atoms with Gasteiger partial charge in [-0.15, -0.1) is 0 Å². The Morgan fingerprint density at radius 2 is 1.07 bits per heavy atom. The topological polar surface area (TPSA) is 139 Å². The van der Waals surface area contributed by atoms with Gasteiger partial charge in [-0.25, -0.2) is 0 Å². The minimum Gasteiger partial charge on any atom is -0.543 e. The Morgan fingerprint density at radius 1 is 0.600 bits per heavy atom. The van der Waals surface area contributed by atoms with Gasteiger partial charge in [0.25, 0.3) is 0 Å². The molecule has 8 rings (SSSR count). The molecule has 0 amide bonds. The van der Waals surface area contributed by atoms with Crippen LogP contribution in [0.15, 0.2) is 36.4 Å². The van der Waals surface area contributed by atoms with Gasteiger partial charge in [-0.1, -0.05) is 146 Å². The van der Waals surface area contributed by atoms with Crippen molar-refractivity contribution >= 4 is 35.1 Å². The first-order chi connectivity index (χ1) is 41.4. The van der Waals surface area contributed by atoms with Gasteiger partial charge in [-0.3, -0.25) is 0 Å². The number of alkyl halides is 3. The summed E-state index contributed by atoms with van der Waals surface area (Å²) in [6, 6.07) is 12.8. The van der Waals surface area contributed by atoms with Crippen LogP contribution in [0, 0.1) is 35.5 Å². The van der Waals surface area contributed by atoms with Crippen LogP contribution in [0.25, 0.3) is 0 Å². The SMILES string of the molecule is C.CC(C)(C)[Si](C)(C)OS(=O)(=O)C(F)(F)F.CCCCC[C@@H](CC[C@@H]1[C@H]2Cc3cccc(O)c3C[C@H]2C[C@H]1O)OC1CCCCO1.CCCCC[C@@H](CC[C@@H]1[C@H]2Cc3cccc(O[Si](C)(C)C(C)(C)C)c3C[C@H]2C[C@H]1O[Si](C)(C)C(C)(C)C)OC1CCCCO1. The van der Waals surface area contributed by atoms with Crippen LogP contribution in [0.3, 0.4) is 0 Å². The monoisotopic (exact) mass is 1340 g/mol. The van der Waals surface area contributed by atoms with E-state index in [-0.39, 0.29) is 48.4 Å². The molecule has 12 atom stereocenters. The molecule has 2 aromatic carbocycles. The first kappa shape index (κ1) is 78.8. The summed E-state index contributed by atoms with van der Waals surface area (Å²) in [4.78, 5) is 0. The van der Waals surface area contributed by atoms with Crippen molar-refractivity contribution in [2.45, 2.75) is 335 Å². The molecule has 2 saturated carbocycles. The van der Waals surface area contributed by atoms with Crippen LogP contribution in [0.2, 0.25) is 54.4 Å². The lowest BCUT2D eigenvalue weighted by atomic mass is 9.73. The fourth-order valence-corrected chi connectivity index (χ4v) is 19.9. The Hall–Kier alpha value is -1.85. The third-order valence-electron chi connectivity index (χ3n) is 22.4. The van der Waals surface area contributed by atoms with E-state index in [0.29, 0.717) is 47.4 Å². The number of phenols is 1. The van der Waals surface area contributed by atoms with Crippen LogP contribution in [0.1, 0.15) is 234 Å². The van der Waals surface area contributed by atoms with Gasteiger partial charge in [-0.2, -0.15) is 21.6 Å². The number of benzene rings is 2. The Morgan fingerprint density at radius 3 is 1.54 bits per heavy atom. The zero-order valence-corrected chi connectivity index (χ0v) is 62.2. The van der Waals surface area contributed by atoms with Gasteiger partial charge in [0.15, 0.2) is 20.9 Å². The van der Waals surface area contributed by atoms with Gasteiger partial charge in [0.2, 0.25) is 16.6 Å². The molecule has 0 spiro atoms. The van der Waals surface area contributed by atoms with E-state index in [1.165, 1.54) is 100 Å². The molecule has 18 heteroatoms. The van der Waals surface area contributed by atoms with Crippen molar-refractivity contribution in [1.29, 1.82) is 0 Å². The summed E-state index contributed by atoms with van der Waals surface area (Å²) >= 11 is 0. The first-order valence-electron chi connectivity index (χ1n) is 34.9. The number of halogens is 3. The normalized spacial score (nSPS) is 26.5. The van der Waals surface area contributed by atoms with Crippen LogP contribution < -0.4 is 4.43 Å². The van der Waals surface area contributed by atoms with Crippen LogP contribution in [0.5, 0.6) is 11.5 Å². The zero-order chi connectivity index (χ0) is 66.0. The van der Waals surface area contributed by atoms with Crippen molar-refractivity contribution in [3.05, 3.63) is 58.7 Å². The lowest BCUT2D eigenvalue weighted by molar-refractivity contribution is -0.191. The highest BCUT2D eigenvalue weighted by Gasteiger charge is 2.54. The number of aliphatic hydroxyl groups is 1. The van der Waals surface area contributed by atoms with E-state index in [0.717, 1.165) is 108 Å². The second kappa shape index (κ2) is 33.4. The first-order valence-corrected chi connectivity index (χ1v) is 45.0. The summed E-state index contributed by atoms with van der Waals surface area (Å²) in [5, 5.41) is 20.9. The van der Waals surface area contributed by atoms with Crippen LogP contribution in [-0.4, -0.2) is 99.3 Å². The third kappa shape index (κ3) is 21.6. The number of hydrogen-bond acceptors (Lipinski definition) is 11. The van der Waals surface area contributed by atoms with Gasteiger partial charge in [0.1, 0.15) is 11.5 Å². The highest BCUT2D eigenvalue weighted by molar-refractivity contribution is 7.88. The molecule has 0 radical (unpaired) electrons. The van der Waals surface area contributed by atoms with Crippen molar-refractivity contribution in [2.75, 3.05) is 13.2 Å². The molecule has 520 valence electrons. The van der Waals surface area contributed by atoms with Gasteiger partial charge in [-0.05, 0) is 240 Å². The molecule has 2 heterocycles. The van der Waals surface area contributed by atoms with Gasteiger partial charge in [0, 0.05) is 19.3 Å². The number of phenolic OH excluding ortho intramolecular Hbond substituents is 1. The Labute approximate surface area is 549 Å². The lowest BCUT2D eigenvalue weighted by Gasteiger charge is -2.41. The quantitative estimate of drug-likeness (QED) is 0.0590. The van der Waals surface area contributed by atoms with Gasteiger partial charge >= 0.3 is 15.6 Å². The number of aliphatic hydroxyl groups excluding tert-OH is 1. The Kier molecular flexibility index (Phi) is 29.3. The summed E-state index contributed by atoms with van der Waals surface area (Å²) in [5.41, 5.74) is 0.0542. The average Bonchev–Trinajstić information content (AvgIpc) is 1.57. The summed E-state index contributed by atoms with van der Waals surface area (Å²) in [6.45, 7) is 37.9. The second-order valence-corrected chi connectivity index (χ2v) is 48.2. The van der Waals surface area contributed by atoms with Crippen molar-refractivity contribution in [3.63, 3.8) is 0 Å². The number of unbranched alkanes of at least 4 members (excludes halogenated alkanes) is 4. The fraction of sp³-hybridized carbons (Fsp3) is 0.833. The molecule has 6 aliphatic rings. The molecule has 2 aromatic rings. The predicted octanol–water partition coefficient (Wildman–Crippen LogP) is 20.0. The minimum atomic E-state index is -5.48. The van der Waals surface area contributed by atoms with Crippen molar-refractivity contribution < 1.29 is 63.5 Å². The van der Waals surface area contributed by atoms with Crippen molar-refractivity contribution in [2.24, 2.45) is 35.5 Å². The molecule has 11 nitrogen and oxygen atoms in total. The Balaban J connectivity index is 0.000000275. The van der Waals surface area contributed by atoms with Crippen molar-refractivity contribution in [1.82, 2.24) is 0 Å².